The van der Waals surface area contributed by atoms with E-state index in [1.165, 1.54) is 12.1 Å². The molecule has 1 aromatic carbocycles. The van der Waals surface area contributed by atoms with Crippen LogP contribution in [0.1, 0.15) is 34.1 Å². The predicted octanol–water partition coefficient (Wildman–Crippen LogP) is 3.97. The number of nitrogens with zero attached hydrogens (tertiary/aromatic N) is 3. The Kier molecular flexibility index (Phi) is 5.97. The van der Waals surface area contributed by atoms with Crippen molar-refractivity contribution in [3.63, 3.8) is 0 Å². The SMILES string of the molecule is CC[C@@H](C)[C@@H](C)/C(C)=N/Nc1ccc([N+](=O)[O-])cc1[N+](=O)[O-]. The first kappa shape index (κ1) is 17.5. The van der Waals surface area contributed by atoms with Crippen molar-refractivity contribution in [2.45, 2.75) is 34.1 Å². The lowest BCUT2D eigenvalue weighted by Crippen LogP contribution is -2.17. The number of rotatable bonds is 7. The first-order chi connectivity index (χ1) is 10.3. The van der Waals surface area contributed by atoms with Crippen LogP contribution < -0.4 is 5.43 Å². The topological polar surface area (TPSA) is 111 Å². The second-order valence-corrected chi connectivity index (χ2v) is 5.25. The van der Waals surface area contributed by atoms with E-state index in [0.29, 0.717) is 5.92 Å². The van der Waals surface area contributed by atoms with Gasteiger partial charge in [0.1, 0.15) is 5.69 Å². The van der Waals surface area contributed by atoms with Crippen LogP contribution in [0.15, 0.2) is 23.3 Å². The molecule has 0 heterocycles. The van der Waals surface area contributed by atoms with Gasteiger partial charge in [0.2, 0.25) is 0 Å². The third-order valence-electron chi connectivity index (χ3n) is 3.90. The van der Waals surface area contributed by atoms with Gasteiger partial charge in [0.25, 0.3) is 5.69 Å². The second-order valence-electron chi connectivity index (χ2n) is 5.25. The molecule has 0 fully saturated rings. The molecule has 2 atom stereocenters. The summed E-state index contributed by atoms with van der Waals surface area (Å²) in [6, 6.07) is 3.42. The van der Waals surface area contributed by atoms with E-state index in [0.717, 1.165) is 18.2 Å². The zero-order valence-corrected chi connectivity index (χ0v) is 13.1. The molecular weight excluding hydrogens is 288 g/mol. The summed E-state index contributed by atoms with van der Waals surface area (Å²) < 4.78 is 0. The highest BCUT2D eigenvalue weighted by Crippen LogP contribution is 2.29. The van der Waals surface area contributed by atoms with Crippen LogP contribution in [0.5, 0.6) is 0 Å². The Morgan fingerprint density at radius 2 is 1.91 bits per heavy atom. The van der Waals surface area contributed by atoms with Gasteiger partial charge in [-0.25, -0.2) is 0 Å². The number of non-ortho nitro benzene ring substituents is 1. The van der Waals surface area contributed by atoms with Gasteiger partial charge in [-0.05, 0) is 24.8 Å². The molecule has 120 valence electrons. The highest BCUT2D eigenvalue weighted by atomic mass is 16.6. The maximum absolute atomic E-state index is 11.0. The Morgan fingerprint density at radius 1 is 1.27 bits per heavy atom. The number of nitro groups is 2. The molecule has 8 nitrogen and oxygen atoms in total. The standard InChI is InChI=1S/C14H20N4O4/c1-5-9(2)10(3)11(4)15-16-13-7-6-12(17(19)20)8-14(13)18(21)22/h6-10,16H,5H2,1-4H3/b15-11+/t9-,10-/m1/s1. The fraction of sp³-hybridized carbons (Fsp3) is 0.500. The molecule has 0 radical (unpaired) electrons. The van der Waals surface area contributed by atoms with E-state index in [-0.39, 0.29) is 23.0 Å². The third-order valence-corrected chi connectivity index (χ3v) is 3.90. The molecular formula is C14H20N4O4. The summed E-state index contributed by atoms with van der Waals surface area (Å²) in [4.78, 5) is 20.4. The van der Waals surface area contributed by atoms with Crippen molar-refractivity contribution in [1.29, 1.82) is 0 Å². The minimum absolute atomic E-state index is 0.131. The molecule has 0 saturated heterocycles. The maximum Gasteiger partial charge on any atom is 0.301 e. The van der Waals surface area contributed by atoms with Gasteiger partial charge in [-0.3, -0.25) is 25.7 Å². The lowest BCUT2D eigenvalue weighted by molar-refractivity contribution is -0.393. The minimum atomic E-state index is -0.670. The van der Waals surface area contributed by atoms with E-state index < -0.39 is 9.85 Å². The van der Waals surface area contributed by atoms with Crippen LogP contribution in [0.25, 0.3) is 0 Å². The summed E-state index contributed by atoms with van der Waals surface area (Å²) in [5.74, 6) is 0.673. The maximum atomic E-state index is 11.0. The van der Waals surface area contributed by atoms with Crippen LogP contribution in [0.4, 0.5) is 17.1 Å². The summed E-state index contributed by atoms with van der Waals surface area (Å²) in [6.07, 6.45) is 1.01. The largest absolute Gasteiger partial charge is 0.301 e. The van der Waals surface area contributed by atoms with Gasteiger partial charge in [-0.1, -0.05) is 27.2 Å². The van der Waals surface area contributed by atoms with E-state index in [9.17, 15) is 20.2 Å². The average molecular weight is 308 g/mol. The second kappa shape index (κ2) is 7.48. The highest BCUT2D eigenvalue weighted by molar-refractivity contribution is 5.85. The van der Waals surface area contributed by atoms with Gasteiger partial charge in [0.05, 0.1) is 15.9 Å². The highest BCUT2D eigenvalue weighted by Gasteiger charge is 2.20. The normalized spacial score (nSPS) is 14.3. The molecule has 0 spiro atoms. The quantitative estimate of drug-likeness (QED) is 0.465. The lowest BCUT2D eigenvalue weighted by atomic mass is 9.90. The van der Waals surface area contributed by atoms with Crippen LogP contribution in [-0.4, -0.2) is 15.6 Å². The molecule has 0 aromatic heterocycles. The van der Waals surface area contributed by atoms with Gasteiger partial charge in [0, 0.05) is 11.8 Å². The van der Waals surface area contributed by atoms with Crippen LogP contribution in [0.2, 0.25) is 0 Å². The number of hydrogen-bond acceptors (Lipinski definition) is 6. The van der Waals surface area contributed by atoms with E-state index in [1.54, 1.807) is 0 Å². The van der Waals surface area contributed by atoms with Gasteiger partial charge in [0.15, 0.2) is 0 Å². The molecule has 1 N–H and O–H groups in total. The van der Waals surface area contributed by atoms with E-state index in [2.05, 4.69) is 24.4 Å². The molecule has 0 amide bonds. The number of nitro benzene ring substituents is 2. The molecule has 0 saturated carbocycles. The first-order valence-corrected chi connectivity index (χ1v) is 7.00. The molecule has 0 aliphatic rings. The molecule has 1 aromatic rings. The summed E-state index contributed by atoms with van der Waals surface area (Å²) in [7, 11) is 0. The summed E-state index contributed by atoms with van der Waals surface area (Å²) in [5, 5.41) is 25.9. The van der Waals surface area contributed by atoms with Crippen molar-refractivity contribution >= 4 is 22.8 Å². The van der Waals surface area contributed by atoms with Crippen LogP contribution >= 0.6 is 0 Å². The Bertz CT molecular complexity index is 601. The van der Waals surface area contributed by atoms with Gasteiger partial charge < -0.3 is 0 Å². The van der Waals surface area contributed by atoms with Gasteiger partial charge >= 0.3 is 5.69 Å². The van der Waals surface area contributed by atoms with Gasteiger partial charge in [-0.2, -0.15) is 5.10 Å². The molecule has 0 bridgehead atoms. The van der Waals surface area contributed by atoms with Crippen molar-refractivity contribution in [1.82, 2.24) is 0 Å². The van der Waals surface area contributed by atoms with Crippen molar-refractivity contribution in [2.24, 2.45) is 16.9 Å². The molecule has 8 heteroatoms. The first-order valence-electron chi connectivity index (χ1n) is 7.00. The molecule has 22 heavy (non-hydrogen) atoms. The Balaban J connectivity index is 3.03. The number of hydrazone groups is 1. The van der Waals surface area contributed by atoms with E-state index in [4.69, 9.17) is 0 Å². The number of anilines is 1. The monoisotopic (exact) mass is 308 g/mol. The van der Waals surface area contributed by atoms with Crippen LogP contribution in [0.3, 0.4) is 0 Å². The average Bonchev–Trinajstić information content (AvgIpc) is 2.50. The van der Waals surface area contributed by atoms with Crippen molar-refractivity contribution < 1.29 is 9.85 Å². The van der Waals surface area contributed by atoms with E-state index >= 15 is 0 Å². The minimum Gasteiger partial charge on any atom is -0.272 e. The lowest BCUT2D eigenvalue weighted by Gasteiger charge is -2.17. The smallest absolute Gasteiger partial charge is 0.272 e. The van der Waals surface area contributed by atoms with Crippen molar-refractivity contribution in [3.05, 3.63) is 38.4 Å². The molecule has 0 aliphatic heterocycles. The van der Waals surface area contributed by atoms with Crippen LogP contribution in [-0.2, 0) is 0 Å². The van der Waals surface area contributed by atoms with Crippen molar-refractivity contribution in [3.8, 4) is 0 Å². The number of benzene rings is 1. The molecule has 0 unspecified atom stereocenters. The predicted molar refractivity (Wildman–Crippen MR) is 85.1 cm³/mol. The molecule has 0 aliphatic carbocycles. The fourth-order valence-corrected chi connectivity index (χ4v) is 1.89. The summed E-state index contributed by atoms with van der Waals surface area (Å²) in [5.41, 5.74) is 2.90. The fourth-order valence-electron chi connectivity index (χ4n) is 1.89. The zero-order valence-electron chi connectivity index (χ0n) is 13.1. The number of nitrogens with one attached hydrogen (secondary N) is 1. The van der Waals surface area contributed by atoms with Gasteiger partial charge in [-0.15, -0.1) is 0 Å². The summed E-state index contributed by atoms with van der Waals surface area (Å²) >= 11 is 0. The Labute approximate surface area is 128 Å². The molecule has 1 rings (SSSR count). The zero-order chi connectivity index (χ0) is 16.9. The summed E-state index contributed by atoms with van der Waals surface area (Å²) in [6.45, 7) is 8.08. The Hall–Kier alpha value is -2.51. The van der Waals surface area contributed by atoms with Crippen molar-refractivity contribution in [2.75, 3.05) is 5.43 Å². The van der Waals surface area contributed by atoms with E-state index in [1.807, 2.05) is 13.8 Å². The van der Waals surface area contributed by atoms with Crippen LogP contribution in [0, 0.1) is 32.1 Å². The number of hydrogen-bond donors (Lipinski definition) is 1. The Morgan fingerprint density at radius 3 is 2.41 bits per heavy atom. The third kappa shape index (κ3) is 4.24.